The lowest BCUT2D eigenvalue weighted by Crippen LogP contribution is -2.13. The van der Waals surface area contributed by atoms with E-state index in [1.54, 1.807) is 12.4 Å². The molecular weight excluding hydrogens is 451 g/mol. The summed E-state index contributed by atoms with van der Waals surface area (Å²) in [5.74, 6) is 0.321. The van der Waals surface area contributed by atoms with E-state index in [1.165, 1.54) is 6.07 Å². The first-order valence-electron chi connectivity index (χ1n) is 11.6. The van der Waals surface area contributed by atoms with Crippen LogP contribution in [0.15, 0.2) is 36.7 Å². The SMILES string of the molecule is Cc1nc(CCC(=O)O)ccc1-c1cc2c(n3cnnc13)CCc1c(F)ccc3c1[C@H](CO3)CO2. The van der Waals surface area contributed by atoms with Crippen LogP contribution in [-0.2, 0) is 24.1 Å². The van der Waals surface area contributed by atoms with Gasteiger partial charge in [0.25, 0.3) is 0 Å². The molecule has 4 aromatic rings. The van der Waals surface area contributed by atoms with Gasteiger partial charge < -0.3 is 14.6 Å². The van der Waals surface area contributed by atoms with Crippen LogP contribution in [0, 0.1) is 12.7 Å². The van der Waals surface area contributed by atoms with Gasteiger partial charge in [-0.3, -0.25) is 14.2 Å². The lowest BCUT2D eigenvalue weighted by atomic mass is 9.93. The van der Waals surface area contributed by atoms with E-state index in [0.717, 1.165) is 39.5 Å². The van der Waals surface area contributed by atoms with Crippen molar-refractivity contribution in [1.82, 2.24) is 19.6 Å². The van der Waals surface area contributed by atoms with Gasteiger partial charge >= 0.3 is 5.97 Å². The van der Waals surface area contributed by atoms with E-state index in [-0.39, 0.29) is 18.2 Å². The molecule has 0 aliphatic carbocycles. The first kappa shape index (κ1) is 21.5. The van der Waals surface area contributed by atoms with Crippen LogP contribution in [0.3, 0.4) is 0 Å². The van der Waals surface area contributed by atoms with Gasteiger partial charge in [-0.1, -0.05) is 6.07 Å². The van der Waals surface area contributed by atoms with E-state index in [2.05, 4.69) is 15.2 Å². The molecule has 1 N–H and O–H groups in total. The number of hydrogen-bond acceptors (Lipinski definition) is 6. The summed E-state index contributed by atoms with van der Waals surface area (Å²) in [7, 11) is 0. The second-order valence-electron chi connectivity index (χ2n) is 8.98. The minimum Gasteiger partial charge on any atom is -0.493 e. The molecule has 9 heteroatoms. The summed E-state index contributed by atoms with van der Waals surface area (Å²) >= 11 is 0. The summed E-state index contributed by atoms with van der Waals surface area (Å²) in [5, 5.41) is 17.5. The zero-order valence-electron chi connectivity index (χ0n) is 19.1. The molecule has 35 heavy (non-hydrogen) atoms. The number of hydrogen-bond donors (Lipinski definition) is 1. The molecule has 3 aromatic heterocycles. The fourth-order valence-electron chi connectivity index (χ4n) is 5.14. The largest absolute Gasteiger partial charge is 0.493 e. The number of nitrogens with zero attached hydrogens (tertiary/aromatic N) is 4. The molecule has 178 valence electrons. The molecule has 5 heterocycles. The number of fused-ring (bicyclic) bond motifs is 3. The van der Waals surface area contributed by atoms with E-state index >= 15 is 0 Å². The van der Waals surface area contributed by atoms with Crippen molar-refractivity contribution >= 4 is 11.6 Å². The first-order chi connectivity index (χ1) is 17.0. The second kappa shape index (κ2) is 8.33. The molecule has 2 aliphatic heterocycles. The number of ether oxygens (including phenoxy) is 2. The van der Waals surface area contributed by atoms with Crippen molar-refractivity contribution in [3.63, 3.8) is 0 Å². The van der Waals surface area contributed by atoms with Crippen LogP contribution in [0.4, 0.5) is 4.39 Å². The van der Waals surface area contributed by atoms with Gasteiger partial charge in [-0.15, -0.1) is 10.2 Å². The van der Waals surface area contributed by atoms with Gasteiger partial charge in [-0.25, -0.2) is 4.39 Å². The zero-order valence-corrected chi connectivity index (χ0v) is 19.1. The Kier molecular flexibility index (Phi) is 5.12. The van der Waals surface area contributed by atoms with Crippen molar-refractivity contribution in [3.8, 4) is 22.6 Å². The molecular formula is C26H23FN4O4. The van der Waals surface area contributed by atoms with Crippen molar-refractivity contribution in [2.45, 2.75) is 38.5 Å². The number of aryl methyl sites for hydroxylation is 3. The summed E-state index contributed by atoms with van der Waals surface area (Å²) in [6.45, 7) is 2.73. The zero-order chi connectivity index (χ0) is 24.1. The van der Waals surface area contributed by atoms with E-state index in [1.807, 2.05) is 29.5 Å². The summed E-state index contributed by atoms with van der Waals surface area (Å²) in [6.07, 6.45) is 3.12. The third kappa shape index (κ3) is 3.67. The lowest BCUT2D eigenvalue weighted by Gasteiger charge is -2.17. The molecule has 2 aliphatic rings. The number of rotatable bonds is 4. The molecule has 0 spiro atoms. The maximum Gasteiger partial charge on any atom is 0.303 e. The van der Waals surface area contributed by atoms with Crippen LogP contribution >= 0.6 is 0 Å². The number of benzene rings is 1. The molecule has 0 amide bonds. The second-order valence-corrected chi connectivity index (χ2v) is 8.98. The Morgan fingerprint density at radius 1 is 1.14 bits per heavy atom. The summed E-state index contributed by atoms with van der Waals surface area (Å²) in [4.78, 5) is 15.5. The number of aromatic nitrogens is 4. The van der Waals surface area contributed by atoms with Gasteiger partial charge in [0.05, 0.1) is 31.2 Å². The van der Waals surface area contributed by atoms with E-state index in [9.17, 15) is 9.18 Å². The Labute approximate surface area is 200 Å². The first-order valence-corrected chi connectivity index (χ1v) is 11.6. The molecule has 6 rings (SSSR count). The van der Waals surface area contributed by atoms with Crippen LogP contribution in [0.2, 0.25) is 0 Å². The maximum atomic E-state index is 14.8. The standard InChI is InChI=1S/C26H23FN4O4/c1-14-17(4-2-16(29-14)3-9-24(32)33)19-10-23-21(31-13-28-30-26(19)31)7-5-18-20(27)6-8-22-25(18)15(11-34-22)12-35-23/h2,4,6,8,10,13,15H,3,5,7,9,11-12H2,1H3,(H,32,33)/t15-/m1/s1. The monoisotopic (exact) mass is 474 g/mol. The van der Waals surface area contributed by atoms with Gasteiger partial charge in [0.1, 0.15) is 23.6 Å². The highest BCUT2D eigenvalue weighted by Crippen LogP contribution is 2.41. The van der Waals surface area contributed by atoms with Gasteiger partial charge in [0.15, 0.2) is 5.65 Å². The molecule has 8 nitrogen and oxygen atoms in total. The van der Waals surface area contributed by atoms with Crippen LogP contribution in [-0.4, -0.2) is 43.9 Å². The van der Waals surface area contributed by atoms with Crippen LogP contribution < -0.4 is 9.47 Å². The molecule has 0 bridgehead atoms. The summed E-state index contributed by atoms with van der Waals surface area (Å²) in [5.41, 5.74) is 6.33. The van der Waals surface area contributed by atoms with E-state index < -0.39 is 5.97 Å². The predicted molar refractivity (Wildman–Crippen MR) is 124 cm³/mol. The minimum absolute atomic E-state index is 0.0302. The maximum absolute atomic E-state index is 14.8. The fourth-order valence-corrected chi connectivity index (χ4v) is 5.14. The van der Waals surface area contributed by atoms with Crippen molar-refractivity contribution < 1.29 is 23.8 Å². The summed E-state index contributed by atoms with van der Waals surface area (Å²) < 4.78 is 28.9. The average molecular weight is 474 g/mol. The molecule has 0 saturated heterocycles. The Hall–Kier alpha value is -4.01. The van der Waals surface area contributed by atoms with Gasteiger partial charge in [0, 0.05) is 34.5 Å². The Morgan fingerprint density at radius 3 is 2.77 bits per heavy atom. The third-order valence-electron chi connectivity index (χ3n) is 6.83. The Bertz CT molecular complexity index is 1480. The van der Waals surface area contributed by atoms with E-state index in [4.69, 9.17) is 14.6 Å². The van der Waals surface area contributed by atoms with Crippen LogP contribution in [0.25, 0.3) is 16.8 Å². The minimum atomic E-state index is -0.852. The topological polar surface area (TPSA) is 98.8 Å². The fraction of sp³-hybridized carbons (Fsp3) is 0.308. The smallest absolute Gasteiger partial charge is 0.303 e. The van der Waals surface area contributed by atoms with Crippen molar-refractivity contribution in [2.75, 3.05) is 13.2 Å². The van der Waals surface area contributed by atoms with Crippen LogP contribution in [0.1, 0.15) is 40.5 Å². The number of carbonyl (C=O) groups is 1. The molecule has 1 atom stereocenters. The quantitative estimate of drug-likeness (QED) is 0.479. The number of halogens is 1. The highest BCUT2D eigenvalue weighted by atomic mass is 19.1. The Morgan fingerprint density at radius 2 is 1.97 bits per heavy atom. The molecule has 0 unspecified atom stereocenters. The van der Waals surface area contributed by atoms with Gasteiger partial charge in [0.2, 0.25) is 0 Å². The van der Waals surface area contributed by atoms with Crippen molar-refractivity contribution in [1.29, 1.82) is 0 Å². The number of pyridine rings is 2. The molecule has 1 aromatic carbocycles. The molecule has 0 radical (unpaired) electrons. The highest BCUT2D eigenvalue weighted by molar-refractivity contribution is 5.80. The number of aliphatic carboxylic acids is 1. The molecule has 0 fully saturated rings. The molecule has 0 saturated carbocycles. The van der Waals surface area contributed by atoms with Crippen molar-refractivity contribution in [2.24, 2.45) is 0 Å². The van der Waals surface area contributed by atoms with Crippen LogP contribution in [0.5, 0.6) is 11.5 Å². The van der Waals surface area contributed by atoms with Gasteiger partial charge in [-0.2, -0.15) is 0 Å². The number of carboxylic acids is 1. The predicted octanol–water partition coefficient (Wildman–Crippen LogP) is 3.91. The average Bonchev–Trinajstić information content (AvgIpc) is 3.49. The highest BCUT2D eigenvalue weighted by Gasteiger charge is 2.31. The van der Waals surface area contributed by atoms with Gasteiger partial charge in [-0.05, 0) is 49.6 Å². The third-order valence-corrected chi connectivity index (χ3v) is 6.83. The normalized spacial score (nSPS) is 16.5. The summed E-state index contributed by atoms with van der Waals surface area (Å²) in [6, 6.07) is 8.92. The van der Waals surface area contributed by atoms with Crippen molar-refractivity contribution in [3.05, 3.63) is 70.7 Å². The number of carboxylic acid groups (broad SMARTS) is 1. The lowest BCUT2D eigenvalue weighted by molar-refractivity contribution is -0.136. The Balaban J connectivity index is 1.43. The van der Waals surface area contributed by atoms with E-state index in [0.29, 0.717) is 49.4 Å².